The summed E-state index contributed by atoms with van der Waals surface area (Å²) < 4.78 is 21.3. The van der Waals surface area contributed by atoms with E-state index in [0.29, 0.717) is 10.9 Å². The van der Waals surface area contributed by atoms with Gasteiger partial charge in [0, 0.05) is 17.3 Å². The first-order valence-corrected chi connectivity index (χ1v) is 4.19. The van der Waals surface area contributed by atoms with Crippen LogP contribution in [0.3, 0.4) is 0 Å². The molecule has 2 aromatic rings. The van der Waals surface area contributed by atoms with E-state index in [1.807, 2.05) is 0 Å². The predicted octanol–water partition coefficient (Wildman–Crippen LogP) is 2.18. The highest BCUT2D eigenvalue weighted by molar-refractivity contribution is 5.94. The van der Waals surface area contributed by atoms with Crippen LogP contribution >= 0.6 is 0 Å². The fraction of sp³-hybridized carbons (Fsp3) is 0.100. The number of hydrogen-bond donors (Lipinski definition) is 1. The van der Waals surface area contributed by atoms with Gasteiger partial charge in [-0.05, 0) is 24.3 Å². The molecular weight excluding hydrogens is 194 g/mol. The first kappa shape index (κ1) is 6.34. The Balaban J connectivity index is 2.67. The summed E-state index contributed by atoms with van der Waals surface area (Å²) in [6.07, 6.45) is 1.52. The van der Waals surface area contributed by atoms with Gasteiger partial charge in [-0.3, -0.25) is 15.1 Å². The molecule has 0 aliphatic heterocycles. The molecule has 5 nitrogen and oxygen atoms in total. The van der Waals surface area contributed by atoms with Crippen LogP contribution in [0.4, 0.5) is 11.4 Å². The summed E-state index contributed by atoms with van der Waals surface area (Å²) in [5.41, 5.74) is 0.123. The highest BCUT2D eigenvalue weighted by Gasteiger charge is 2.17. The minimum absolute atomic E-state index is 0.0412. The van der Waals surface area contributed by atoms with Crippen molar-refractivity contribution in [1.82, 2.24) is 4.98 Å². The third-order valence-electron chi connectivity index (χ3n) is 2.07. The summed E-state index contributed by atoms with van der Waals surface area (Å²) in [5.74, 6) is 0. The third kappa shape index (κ3) is 1.48. The Morgan fingerprint density at radius 3 is 3.13 bits per heavy atom. The van der Waals surface area contributed by atoms with E-state index < -0.39 is 11.9 Å². The second kappa shape index (κ2) is 3.53. The summed E-state index contributed by atoms with van der Waals surface area (Å²) in [4.78, 5) is 14.5. The monoisotopic (exact) mass is 206 g/mol. The second-order valence-electron chi connectivity index (χ2n) is 2.91. The lowest BCUT2D eigenvalue weighted by molar-refractivity contribution is -0.382. The molecule has 76 valence electrons. The van der Waals surface area contributed by atoms with Crippen molar-refractivity contribution in [2.75, 3.05) is 12.3 Å². The number of nitro groups is 1. The molecule has 1 aromatic heterocycles. The van der Waals surface area contributed by atoms with Crippen molar-refractivity contribution < 1.29 is 9.04 Å². The predicted molar refractivity (Wildman–Crippen MR) is 57.9 cm³/mol. The number of benzene rings is 1. The number of hydrogen-bond acceptors (Lipinski definition) is 4. The smallest absolute Gasteiger partial charge is 0.301 e. The summed E-state index contributed by atoms with van der Waals surface area (Å²) in [6.45, 7) is -2.49. The van der Waals surface area contributed by atoms with E-state index in [1.54, 1.807) is 6.07 Å². The number of nitrogens with one attached hydrogen (secondary N) is 1. The molecule has 0 radical (unpaired) electrons. The van der Waals surface area contributed by atoms with Crippen molar-refractivity contribution in [3.05, 3.63) is 40.6 Å². The molecule has 5 heteroatoms. The standard InChI is InChI=1S/C10H9N3O2/c1-11-9-5-4-8-7(3-2-6-12-8)10(9)13(14)15/h2-6,11H,1H3/i1D3. The largest absolute Gasteiger partial charge is 0.383 e. The van der Waals surface area contributed by atoms with Crippen molar-refractivity contribution in [1.29, 1.82) is 0 Å². The van der Waals surface area contributed by atoms with E-state index in [4.69, 9.17) is 4.11 Å². The molecule has 1 N–H and O–H groups in total. The second-order valence-corrected chi connectivity index (χ2v) is 2.91. The number of aromatic nitrogens is 1. The fourth-order valence-corrected chi connectivity index (χ4v) is 1.43. The molecule has 2 rings (SSSR count). The Hall–Kier alpha value is -2.17. The fourth-order valence-electron chi connectivity index (χ4n) is 1.43. The van der Waals surface area contributed by atoms with Crippen LogP contribution in [0.2, 0.25) is 0 Å². The van der Waals surface area contributed by atoms with Gasteiger partial charge in [0.15, 0.2) is 0 Å². The number of fused-ring (bicyclic) bond motifs is 1. The maximum atomic E-state index is 11.1. The summed E-state index contributed by atoms with van der Waals surface area (Å²) in [7, 11) is 0. The van der Waals surface area contributed by atoms with Crippen molar-refractivity contribution >= 4 is 22.3 Å². The molecule has 0 unspecified atom stereocenters. The number of anilines is 1. The van der Waals surface area contributed by atoms with E-state index >= 15 is 0 Å². The molecule has 0 spiro atoms. The number of rotatable bonds is 2. The van der Waals surface area contributed by atoms with Gasteiger partial charge in [-0.15, -0.1) is 0 Å². The molecule has 0 fully saturated rings. The zero-order valence-electron chi connectivity index (χ0n) is 10.6. The van der Waals surface area contributed by atoms with Gasteiger partial charge in [0.05, 0.1) is 15.8 Å². The van der Waals surface area contributed by atoms with Gasteiger partial charge in [0.2, 0.25) is 0 Å². The van der Waals surface area contributed by atoms with Gasteiger partial charge in [-0.2, -0.15) is 0 Å². The lowest BCUT2D eigenvalue weighted by atomic mass is 10.1. The SMILES string of the molecule is [2H]C([2H])([2H])Nc1ccc2ncccc2c1[N+](=O)[O-]. The van der Waals surface area contributed by atoms with E-state index in [9.17, 15) is 10.1 Å². The first-order valence-electron chi connectivity index (χ1n) is 5.69. The Bertz CT molecular complexity index is 613. The topological polar surface area (TPSA) is 68.1 Å². The molecule has 0 saturated heterocycles. The van der Waals surface area contributed by atoms with Crippen LogP contribution in [0, 0.1) is 10.1 Å². The summed E-state index contributed by atoms with van der Waals surface area (Å²) >= 11 is 0. The van der Waals surface area contributed by atoms with Crippen LogP contribution in [0.15, 0.2) is 30.5 Å². The van der Waals surface area contributed by atoms with Gasteiger partial charge < -0.3 is 5.32 Å². The molecule has 0 saturated carbocycles. The van der Waals surface area contributed by atoms with Crippen LogP contribution in [0.5, 0.6) is 0 Å². The molecule has 15 heavy (non-hydrogen) atoms. The van der Waals surface area contributed by atoms with Gasteiger partial charge in [-0.1, -0.05) is 0 Å². The van der Waals surface area contributed by atoms with Gasteiger partial charge >= 0.3 is 5.69 Å². The van der Waals surface area contributed by atoms with Gasteiger partial charge in [-0.25, -0.2) is 0 Å². The van der Waals surface area contributed by atoms with E-state index in [-0.39, 0.29) is 11.4 Å². The molecule has 1 aromatic carbocycles. The van der Waals surface area contributed by atoms with Crippen molar-refractivity contribution in [2.45, 2.75) is 0 Å². The van der Waals surface area contributed by atoms with Crippen LogP contribution in [0.1, 0.15) is 4.11 Å². The molecule has 0 atom stereocenters. The van der Waals surface area contributed by atoms with E-state index in [0.717, 1.165) is 0 Å². The Morgan fingerprint density at radius 2 is 2.40 bits per heavy atom. The molecule has 0 aliphatic rings. The lowest BCUT2D eigenvalue weighted by Crippen LogP contribution is -1.97. The number of nitrogens with zero attached hydrogens (tertiary/aromatic N) is 2. The Morgan fingerprint density at radius 1 is 1.53 bits per heavy atom. The average molecular weight is 206 g/mol. The molecule has 0 amide bonds. The maximum absolute atomic E-state index is 11.1. The summed E-state index contributed by atoms with van der Waals surface area (Å²) in [5, 5.41) is 13.5. The average Bonchev–Trinajstić information content (AvgIpc) is 2.26. The van der Waals surface area contributed by atoms with Crippen LogP contribution in [-0.4, -0.2) is 16.9 Å². The van der Waals surface area contributed by atoms with Crippen molar-refractivity contribution in [3.8, 4) is 0 Å². The number of pyridine rings is 1. The maximum Gasteiger partial charge on any atom is 0.301 e. The van der Waals surface area contributed by atoms with Crippen LogP contribution < -0.4 is 5.32 Å². The minimum Gasteiger partial charge on any atom is -0.383 e. The summed E-state index contributed by atoms with van der Waals surface area (Å²) in [6, 6.07) is 5.98. The van der Waals surface area contributed by atoms with Gasteiger partial charge in [0.25, 0.3) is 0 Å². The van der Waals surface area contributed by atoms with Crippen molar-refractivity contribution in [3.63, 3.8) is 0 Å². The van der Waals surface area contributed by atoms with Crippen molar-refractivity contribution in [2.24, 2.45) is 0 Å². The highest BCUT2D eigenvalue weighted by Crippen LogP contribution is 2.31. The molecular formula is C10H9N3O2. The zero-order chi connectivity index (χ0) is 13.3. The zero-order valence-corrected chi connectivity index (χ0v) is 7.60. The minimum atomic E-state index is -2.49. The lowest BCUT2D eigenvalue weighted by Gasteiger charge is -2.04. The Kier molecular flexibility index (Phi) is 1.49. The van der Waals surface area contributed by atoms with E-state index in [2.05, 4.69) is 10.3 Å². The Labute approximate surface area is 90.1 Å². The number of nitro benzene ring substituents is 1. The normalized spacial score (nSPS) is 14.0. The first-order chi connectivity index (χ1) is 8.38. The highest BCUT2D eigenvalue weighted by atomic mass is 16.6. The quantitative estimate of drug-likeness (QED) is 0.604. The van der Waals surface area contributed by atoms with Crippen LogP contribution in [0.25, 0.3) is 10.9 Å². The molecule has 1 heterocycles. The molecule has 0 aliphatic carbocycles. The van der Waals surface area contributed by atoms with Gasteiger partial charge in [0.1, 0.15) is 5.69 Å². The van der Waals surface area contributed by atoms with E-state index in [1.165, 1.54) is 24.4 Å². The molecule has 0 bridgehead atoms. The van der Waals surface area contributed by atoms with Crippen LogP contribution in [-0.2, 0) is 0 Å². The third-order valence-corrected chi connectivity index (χ3v) is 2.07.